The summed E-state index contributed by atoms with van der Waals surface area (Å²) in [6, 6.07) is 2.64. The number of ether oxygens (including phenoxy) is 1. The monoisotopic (exact) mass is 517 g/mol. The topological polar surface area (TPSA) is 157 Å². The third-order valence-corrected chi connectivity index (χ3v) is 6.31. The largest absolute Gasteiger partial charge is 0.508 e. The first-order valence-corrected chi connectivity index (χ1v) is 12.5. The summed E-state index contributed by atoms with van der Waals surface area (Å²) < 4.78 is 5.43. The predicted octanol–water partition coefficient (Wildman–Crippen LogP) is -0.245. The maximum absolute atomic E-state index is 13.0. The predicted molar refractivity (Wildman–Crippen MR) is 133 cm³/mol. The number of phenols is 1. The number of hydrogen-bond donors (Lipinski definition) is 4. The molecule has 2 atom stereocenters. The van der Waals surface area contributed by atoms with Crippen LogP contribution in [0.2, 0.25) is 0 Å². The summed E-state index contributed by atoms with van der Waals surface area (Å²) in [6.45, 7) is 2.74. The summed E-state index contributed by atoms with van der Waals surface area (Å²) in [7, 11) is 1.65. The lowest BCUT2D eigenvalue weighted by atomic mass is 10.1. The van der Waals surface area contributed by atoms with Crippen molar-refractivity contribution in [1.82, 2.24) is 25.8 Å². The van der Waals surface area contributed by atoms with Crippen LogP contribution in [0, 0.1) is 0 Å². The fraction of sp³-hybridized carbons (Fsp3) is 0.560. The van der Waals surface area contributed by atoms with Gasteiger partial charge in [0.1, 0.15) is 23.6 Å². The number of benzene rings is 1. The third-order valence-electron chi connectivity index (χ3n) is 6.31. The highest BCUT2D eigenvalue weighted by atomic mass is 16.5. The number of phenolic OH excluding ortho intramolecular Hbond substituents is 1. The van der Waals surface area contributed by atoms with E-state index >= 15 is 0 Å². The van der Waals surface area contributed by atoms with Crippen LogP contribution in [0.15, 0.2) is 18.2 Å². The van der Waals surface area contributed by atoms with Crippen LogP contribution >= 0.6 is 0 Å². The van der Waals surface area contributed by atoms with Crippen LogP contribution in [-0.4, -0.2) is 96.4 Å². The van der Waals surface area contributed by atoms with Gasteiger partial charge in [-0.15, -0.1) is 0 Å². The first-order valence-electron chi connectivity index (χ1n) is 12.5. The van der Waals surface area contributed by atoms with Gasteiger partial charge >= 0.3 is 0 Å². The van der Waals surface area contributed by atoms with Gasteiger partial charge in [-0.25, -0.2) is 0 Å². The summed E-state index contributed by atoms with van der Waals surface area (Å²) in [6.07, 6.45) is 2.53. The van der Waals surface area contributed by atoms with E-state index in [1.165, 1.54) is 23.1 Å². The molecule has 1 saturated heterocycles. The highest BCUT2D eigenvalue weighted by Crippen LogP contribution is 2.22. The van der Waals surface area contributed by atoms with E-state index in [1.54, 1.807) is 18.9 Å². The molecule has 1 aromatic carbocycles. The molecule has 2 bridgehead atoms. The first-order chi connectivity index (χ1) is 17.6. The minimum atomic E-state index is -0.777. The van der Waals surface area contributed by atoms with Crippen molar-refractivity contribution in [3.05, 3.63) is 23.8 Å². The second-order valence-corrected chi connectivity index (χ2v) is 9.35. The van der Waals surface area contributed by atoms with Crippen molar-refractivity contribution in [3.63, 3.8) is 0 Å². The van der Waals surface area contributed by atoms with Gasteiger partial charge < -0.3 is 35.6 Å². The minimum Gasteiger partial charge on any atom is -0.508 e. The van der Waals surface area contributed by atoms with E-state index in [2.05, 4.69) is 16.0 Å². The molecule has 0 saturated carbocycles. The molecule has 2 aliphatic rings. The number of rotatable bonds is 1. The van der Waals surface area contributed by atoms with Gasteiger partial charge in [-0.05, 0) is 44.7 Å². The van der Waals surface area contributed by atoms with Crippen LogP contribution in [-0.2, 0) is 19.2 Å². The lowest BCUT2D eigenvalue weighted by Crippen LogP contribution is -2.47. The highest BCUT2D eigenvalue weighted by molar-refractivity contribution is 5.95. The van der Waals surface area contributed by atoms with Gasteiger partial charge in [0.25, 0.3) is 11.8 Å². The summed E-state index contributed by atoms with van der Waals surface area (Å²) >= 11 is 0. The molecule has 5 amide bonds. The molecular formula is C25H35N5O7. The molecule has 0 spiro atoms. The van der Waals surface area contributed by atoms with Crippen molar-refractivity contribution in [2.24, 2.45) is 0 Å². The zero-order valence-electron chi connectivity index (χ0n) is 21.2. The van der Waals surface area contributed by atoms with Gasteiger partial charge in [-0.1, -0.05) is 0 Å². The van der Waals surface area contributed by atoms with E-state index in [-0.39, 0.29) is 41.3 Å². The number of carbonyl (C=O) groups excluding carboxylic acids is 5. The molecule has 12 heteroatoms. The first kappa shape index (κ1) is 27.8. The number of likely N-dealkylation sites (N-methyl/N-ethyl adjacent to an activating group) is 1. The molecule has 3 rings (SSSR count). The van der Waals surface area contributed by atoms with Gasteiger partial charge in [0.2, 0.25) is 17.7 Å². The maximum Gasteiger partial charge on any atom is 0.258 e. The van der Waals surface area contributed by atoms with Gasteiger partial charge in [-0.3, -0.25) is 24.0 Å². The van der Waals surface area contributed by atoms with E-state index < -0.39 is 30.5 Å². The van der Waals surface area contributed by atoms with Crippen LogP contribution in [0.3, 0.4) is 0 Å². The molecule has 202 valence electrons. The van der Waals surface area contributed by atoms with Crippen molar-refractivity contribution in [2.75, 3.05) is 39.8 Å². The summed E-state index contributed by atoms with van der Waals surface area (Å²) in [5.41, 5.74) is 0.150. The maximum atomic E-state index is 13.0. The Morgan fingerprint density at radius 3 is 2.46 bits per heavy atom. The Bertz CT molecular complexity index is 1030. The second kappa shape index (κ2) is 12.9. The van der Waals surface area contributed by atoms with E-state index in [9.17, 15) is 29.1 Å². The van der Waals surface area contributed by atoms with Gasteiger partial charge in [-0.2, -0.15) is 0 Å². The zero-order chi connectivity index (χ0) is 26.9. The Hall–Kier alpha value is -3.83. The minimum absolute atomic E-state index is 0.126. The van der Waals surface area contributed by atoms with Crippen molar-refractivity contribution < 1.29 is 33.8 Å². The Morgan fingerprint density at radius 2 is 1.73 bits per heavy atom. The van der Waals surface area contributed by atoms with Crippen LogP contribution in [0.25, 0.3) is 0 Å². The molecule has 4 N–H and O–H groups in total. The van der Waals surface area contributed by atoms with E-state index in [4.69, 9.17) is 4.74 Å². The molecule has 37 heavy (non-hydrogen) atoms. The zero-order valence-corrected chi connectivity index (χ0v) is 21.2. The second-order valence-electron chi connectivity index (χ2n) is 9.35. The average Bonchev–Trinajstić information content (AvgIpc) is 3.30. The fourth-order valence-electron chi connectivity index (χ4n) is 4.31. The van der Waals surface area contributed by atoms with Crippen LogP contribution in [0.5, 0.6) is 11.5 Å². The van der Waals surface area contributed by atoms with Crippen LogP contribution < -0.4 is 20.7 Å². The number of hydrogen-bond acceptors (Lipinski definition) is 7. The normalized spacial score (nSPS) is 23.0. The quantitative estimate of drug-likeness (QED) is 0.400. The van der Waals surface area contributed by atoms with Crippen molar-refractivity contribution in [2.45, 2.75) is 51.1 Å². The van der Waals surface area contributed by atoms with Crippen LogP contribution in [0.4, 0.5) is 0 Å². The molecular weight excluding hydrogens is 482 g/mol. The highest BCUT2D eigenvalue weighted by Gasteiger charge is 2.30. The number of amides is 5. The Kier molecular flexibility index (Phi) is 9.70. The smallest absolute Gasteiger partial charge is 0.258 e. The lowest BCUT2D eigenvalue weighted by molar-refractivity contribution is -0.135. The number of nitrogens with one attached hydrogen (secondary N) is 3. The molecule has 2 aliphatic heterocycles. The summed E-state index contributed by atoms with van der Waals surface area (Å²) in [5, 5.41) is 18.1. The fourth-order valence-corrected chi connectivity index (χ4v) is 4.31. The number of fused-ring (bicyclic) bond motifs is 2. The lowest BCUT2D eigenvalue weighted by Gasteiger charge is -2.27. The molecule has 2 heterocycles. The molecule has 12 nitrogen and oxygen atoms in total. The van der Waals surface area contributed by atoms with E-state index in [0.29, 0.717) is 51.7 Å². The Labute approximate surface area is 215 Å². The number of carbonyl (C=O) groups is 5. The Balaban J connectivity index is 1.72. The van der Waals surface area contributed by atoms with Crippen LogP contribution in [0.1, 0.15) is 49.4 Å². The van der Waals surface area contributed by atoms with Crippen molar-refractivity contribution in [3.8, 4) is 11.5 Å². The summed E-state index contributed by atoms with van der Waals surface area (Å²) in [5.74, 6) is -1.61. The SMILES string of the molecule is C[C@@H]1NC(=O)COc2cc(O)cc(c2)C(=O)NCCCN(C(=O)[C@H]2CCC(=O)N2)CCCCN(C)C1=O. The van der Waals surface area contributed by atoms with E-state index in [0.717, 1.165) is 0 Å². The van der Waals surface area contributed by atoms with Gasteiger partial charge in [0, 0.05) is 51.3 Å². The van der Waals surface area contributed by atoms with Crippen molar-refractivity contribution in [1.29, 1.82) is 0 Å². The molecule has 1 fully saturated rings. The third kappa shape index (κ3) is 8.09. The molecule has 1 aromatic rings. The molecule has 0 unspecified atom stereocenters. The standard InChI is InChI=1S/C25H35N5O7/c1-16-24(35)29(2)9-3-4-10-30(25(36)20-6-7-21(32)28-20)11-5-8-26-23(34)17-12-18(31)14-19(13-17)37-15-22(33)27-16/h12-14,16,20,31H,3-11,15H2,1-2H3,(H,26,34)(H,27,33)(H,28,32)/t16-,20+/m0/s1. The molecule has 0 aliphatic carbocycles. The molecule has 0 aromatic heterocycles. The van der Waals surface area contributed by atoms with Gasteiger partial charge in [0.05, 0.1) is 0 Å². The summed E-state index contributed by atoms with van der Waals surface area (Å²) in [4.78, 5) is 65.4. The number of nitrogens with zero attached hydrogens (tertiary/aromatic N) is 2. The average molecular weight is 518 g/mol. The molecule has 0 radical (unpaired) electrons. The Morgan fingerprint density at radius 1 is 1.00 bits per heavy atom. The number of aromatic hydroxyl groups is 1. The van der Waals surface area contributed by atoms with Gasteiger partial charge in [0.15, 0.2) is 6.61 Å². The van der Waals surface area contributed by atoms with Crippen molar-refractivity contribution >= 4 is 29.5 Å². The van der Waals surface area contributed by atoms with E-state index in [1.807, 2.05) is 0 Å².